The van der Waals surface area contributed by atoms with Crippen molar-refractivity contribution in [2.75, 3.05) is 47.9 Å². The first-order chi connectivity index (χ1) is 25.2. The Bertz CT molecular complexity index is 2400. The lowest BCUT2D eigenvalue weighted by atomic mass is 10.0. The minimum absolute atomic E-state index is 0.211. The fraction of sp³-hybridized carbons (Fsp3) is 0.212. The molecule has 8 rings (SSSR count). The fourth-order valence-electron chi connectivity index (χ4n) is 6.57. The van der Waals surface area contributed by atoms with Gasteiger partial charge in [0, 0.05) is 35.3 Å². The number of nitrogens with zero attached hydrogens (tertiary/aromatic N) is 8. The SMILES string of the molecule is CN1c2cc(CONc3cccc(-n4[nH]nnc4=S)c3)ccc2SC1(CO)C1(CO)Sc2ccc(Nc3cccc(-n4[nH]nnc4=S)c3)cc2N1C. The van der Waals surface area contributed by atoms with Crippen LogP contribution < -0.4 is 20.6 Å². The maximum atomic E-state index is 11.2. The van der Waals surface area contributed by atoms with Crippen molar-refractivity contribution >= 4 is 76.4 Å². The van der Waals surface area contributed by atoms with Crippen LogP contribution in [0.25, 0.3) is 11.4 Å². The van der Waals surface area contributed by atoms with Crippen molar-refractivity contribution in [1.82, 2.24) is 40.4 Å². The number of aliphatic hydroxyl groups excluding tert-OH is 2. The highest BCUT2D eigenvalue weighted by molar-refractivity contribution is 8.05. The van der Waals surface area contributed by atoms with E-state index in [1.54, 1.807) is 32.9 Å². The summed E-state index contributed by atoms with van der Waals surface area (Å²) in [4.78, 5) is 10.2. The minimum Gasteiger partial charge on any atom is -0.393 e. The number of thioether (sulfide) groups is 2. The molecule has 0 spiro atoms. The Morgan fingerprint density at radius 2 is 1.25 bits per heavy atom. The number of hydrogen-bond donors (Lipinski definition) is 6. The number of aromatic nitrogens is 8. The molecule has 0 radical (unpaired) electrons. The monoisotopic (exact) mass is 772 g/mol. The van der Waals surface area contributed by atoms with E-state index in [0.29, 0.717) is 9.54 Å². The van der Waals surface area contributed by atoms with Gasteiger partial charge in [-0.1, -0.05) is 62.3 Å². The summed E-state index contributed by atoms with van der Waals surface area (Å²) in [7, 11) is 3.94. The second kappa shape index (κ2) is 13.7. The molecule has 6 N–H and O–H groups in total. The third kappa shape index (κ3) is 5.74. The maximum absolute atomic E-state index is 11.2. The number of hydrogen-bond acceptors (Lipinski definition) is 15. The van der Waals surface area contributed by atoms with Gasteiger partial charge >= 0.3 is 0 Å². The summed E-state index contributed by atoms with van der Waals surface area (Å²) in [5, 5.41) is 46.7. The highest BCUT2D eigenvalue weighted by atomic mass is 32.2. The zero-order chi connectivity index (χ0) is 36.0. The van der Waals surface area contributed by atoms with E-state index in [2.05, 4.69) is 63.8 Å². The third-order valence-corrected chi connectivity index (χ3v) is 13.2. The molecule has 4 aromatic carbocycles. The lowest BCUT2D eigenvalue weighted by molar-refractivity contribution is 0.165. The van der Waals surface area contributed by atoms with Crippen LogP contribution in [0.2, 0.25) is 0 Å². The predicted molar refractivity (Wildman–Crippen MR) is 206 cm³/mol. The Labute approximate surface area is 315 Å². The number of nitrogens with one attached hydrogen (secondary N) is 4. The second-order valence-electron chi connectivity index (χ2n) is 12.1. The van der Waals surface area contributed by atoms with E-state index in [1.165, 1.54) is 0 Å². The molecule has 266 valence electrons. The molecule has 6 aromatic rings. The molecular weight excluding hydrogens is 741 g/mol. The van der Waals surface area contributed by atoms with Crippen LogP contribution in [0.15, 0.2) is 94.7 Å². The number of aliphatic hydroxyl groups is 2. The summed E-state index contributed by atoms with van der Waals surface area (Å²) < 4.78 is 3.87. The number of aromatic amines is 2. The summed E-state index contributed by atoms with van der Waals surface area (Å²) in [5.41, 5.74) is 9.83. The van der Waals surface area contributed by atoms with E-state index >= 15 is 0 Å². The number of tetrazole rings is 2. The molecule has 4 heterocycles. The van der Waals surface area contributed by atoms with E-state index in [-0.39, 0.29) is 19.8 Å². The van der Waals surface area contributed by atoms with Gasteiger partial charge < -0.3 is 25.3 Å². The summed E-state index contributed by atoms with van der Waals surface area (Å²) in [6.07, 6.45) is 0. The van der Waals surface area contributed by atoms with Crippen molar-refractivity contribution < 1.29 is 15.1 Å². The van der Waals surface area contributed by atoms with Crippen LogP contribution in [-0.4, -0.2) is 87.7 Å². The van der Waals surface area contributed by atoms with Gasteiger partial charge in [0.1, 0.15) is 9.74 Å². The minimum atomic E-state index is -0.929. The van der Waals surface area contributed by atoms with Crippen LogP contribution in [0.1, 0.15) is 5.56 Å². The predicted octanol–water partition coefficient (Wildman–Crippen LogP) is 5.41. The van der Waals surface area contributed by atoms with Crippen LogP contribution in [0.4, 0.5) is 28.4 Å². The van der Waals surface area contributed by atoms with Crippen LogP contribution in [0.5, 0.6) is 0 Å². The molecule has 0 amide bonds. The van der Waals surface area contributed by atoms with E-state index in [0.717, 1.165) is 55.2 Å². The van der Waals surface area contributed by atoms with E-state index in [9.17, 15) is 10.2 Å². The number of fused-ring (bicyclic) bond motifs is 2. The molecule has 0 saturated carbocycles. The van der Waals surface area contributed by atoms with Crippen molar-refractivity contribution in [2.24, 2.45) is 0 Å². The Balaban J connectivity index is 0.998. The molecule has 2 atom stereocenters. The lowest BCUT2D eigenvalue weighted by Gasteiger charge is -2.51. The summed E-state index contributed by atoms with van der Waals surface area (Å²) in [5.74, 6) is 0. The van der Waals surface area contributed by atoms with Crippen molar-refractivity contribution in [1.29, 1.82) is 0 Å². The lowest BCUT2D eigenvalue weighted by Crippen LogP contribution is -2.67. The first-order valence-corrected chi connectivity index (χ1v) is 18.4. The van der Waals surface area contributed by atoms with Crippen LogP contribution in [0, 0.1) is 9.54 Å². The molecule has 19 heteroatoms. The number of benzene rings is 4. The quantitative estimate of drug-likeness (QED) is 0.0729. The topological polar surface area (TPSA) is 173 Å². The summed E-state index contributed by atoms with van der Waals surface area (Å²) in [6.45, 7) is -0.141. The average molecular weight is 773 g/mol. The molecule has 0 bridgehead atoms. The smallest absolute Gasteiger partial charge is 0.242 e. The standard InChI is InChI=1S/C33H32N12O3S4/c1-42-26-13-20(17-48-37-23-6-4-8-25(15-23)45-31(50)36-39-41-45)9-11-28(26)51-32(42,18-46)33(19-47)43(2)27-16-22(10-12-29(27)52-33)34-21-5-3-7-24(14-21)44-30(49)35-38-40-44/h3-16,34,37,46-47H,17-19H2,1-2H3,(H,35,40,49)(H,36,41,50). The van der Waals surface area contributed by atoms with Crippen molar-refractivity contribution in [3.05, 3.63) is 100 Å². The number of rotatable bonds is 11. The molecule has 2 aliphatic rings. The highest BCUT2D eigenvalue weighted by Gasteiger charge is 2.63. The fourth-order valence-corrected chi connectivity index (χ4v) is 10.1. The summed E-state index contributed by atoms with van der Waals surface area (Å²) >= 11 is 13.6. The summed E-state index contributed by atoms with van der Waals surface area (Å²) in [6, 6.07) is 27.5. The Morgan fingerprint density at radius 1 is 0.712 bits per heavy atom. The zero-order valence-corrected chi connectivity index (χ0v) is 31.0. The maximum Gasteiger partial charge on any atom is 0.242 e. The van der Waals surface area contributed by atoms with E-state index < -0.39 is 9.74 Å². The van der Waals surface area contributed by atoms with Crippen molar-refractivity contribution in [3.63, 3.8) is 0 Å². The van der Waals surface area contributed by atoms with Gasteiger partial charge in [-0.15, -0.1) is 0 Å². The highest BCUT2D eigenvalue weighted by Crippen LogP contribution is 2.64. The van der Waals surface area contributed by atoms with Crippen molar-refractivity contribution in [2.45, 2.75) is 26.1 Å². The first kappa shape index (κ1) is 34.3. The van der Waals surface area contributed by atoms with Gasteiger partial charge in [-0.2, -0.15) is 10.4 Å². The van der Waals surface area contributed by atoms with Gasteiger partial charge in [-0.05, 0) is 96.7 Å². The second-order valence-corrected chi connectivity index (χ2v) is 15.5. The molecule has 0 fully saturated rings. The van der Waals surface area contributed by atoms with Gasteiger partial charge in [-0.3, -0.25) is 10.3 Å². The molecule has 0 aliphatic carbocycles. The molecule has 2 aliphatic heterocycles. The average Bonchev–Trinajstić information content (AvgIpc) is 3.93. The molecule has 2 unspecified atom stereocenters. The molecule has 2 aromatic heterocycles. The normalized spacial score (nSPS) is 19.2. The molecule has 52 heavy (non-hydrogen) atoms. The van der Waals surface area contributed by atoms with Gasteiger partial charge in [0.25, 0.3) is 0 Å². The number of likely N-dealkylation sites (N-methyl/N-ethyl adjacent to an activating group) is 2. The van der Waals surface area contributed by atoms with Crippen LogP contribution >= 0.6 is 48.0 Å². The Kier molecular flexibility index (Phi) is 9.02. The van der Waals surface area contributed by atoms with Gasteiger partial charge in [0.15, 0.2) is 0 Å². The largest absolute Gasteiger partial charge is 0.393 e. The zero-order valence-electron chi connectivity index (χ0n) is 27.7. The number of anilines is 5. The van der Waals surface area contributed by atoms with Gasteiger partial charge in [-0.25, -0.2) is 9.36 Å². The first-order valence-electron chi connectivity index (χ1n) is 16.0. The van der Waals surface area contributed by atoms with E-state index in [1.807, 2.05) is 86.9 Å². The molecule has 0 saturated heterocycles. The van der Waals surface area contributed by atoms with Gasteiger partial charge in [0.2, 0.25) is 9.54 Å². The third-order valence-electron chi connectivity index (χ3n) is 9.25. The van der Waals surface area contributed by atoms with Crippen LogP contribution in [-0.2, 0) is 11.4 Å². The molecular formula is C33H32N12O3S4. The van der Waals surface area contributed by atoms with Gasteiger partial charge in [0.05, 0.1) is 48.3 Å². The Hall–Kier alpha value is -4.76. The molecule has 15 nitrogen and oxygen atoms in total. The van der Waals surface area contributed by atoms with Crippen molar-refractivity contribution in [3.8, 4) is 11.4 Å². The van der Waals surface area contributed by atoms with Crippen LogP contribution in [0.3, 0.4) is 0 Å². The Morgan fingerprint density at radius 3 is 1.83 bits per heavy atom. The van der Waals surface area contributed by atoms with E-state index in [4.69, 9.17) is 29.3 Å². The number of H-pyrrole nitrogens is 2.